The highest BCUT2D eigenvalue weighted by molar-refractivity contribution is 5.67. The quantitative estimate of drug-likeness (QED) is 0.657. The third-order valence-electron chi connectivity index (χ3n) is 3.27. The zero-order chi connectivity index (χ0) is 13.8. The van der Waals surface area contributed by atoms with Gasteiger partial charge in [0.1, 0.15) is 0 Å². The highest BCUT2D eigenvalue weighted by Crippen LogP contribution is 2.25. The van der Waals surface area contributed by atoms with Gasteiger partial charge in [0.15, 0.2) is 6.20 Å². The Hall–Kier alpha value is -2.18. The number of pyridine rings is 1. The van der Waals surface area contributed by atoms with Crippen LogP contribution in [0.2, 0.25) is 0 Å². The summed E-state index contributed by atoms with van der Waals surface area (Å²) in [5.41, 5.74) is 0.806. The van der Waals surface area contributed by atoms with Crippen LogP contribution in [0.25, 0.3) is 0 Å². The number of nitrogens with zero attached hydrogens (tertiary/aromatic N) is 3. The number of nitro groups is 1. The van der Waals surface area contributed by atoms with Crippen LogP contribution in [0.3, 0.4) is 0 Å². The van der Waals surface area contributed by atoms with Gasteiger partial charge < -0.3 is 20.1 Å². The van der Waals surface area contributed by atoms with Gasteiger partial charge in [0.05, 0.1) is 5.69 Å². The van der Waals surface area contributed by atoms with Crippen molar-refractivity contribution in [3.63, 3.8) is 0 Å². The number of anilines is 1. The van der Waals surface area contributed by atoms with Crippen LogP contribution in [0.4, 0.5) is 11.5 Å². The molecule has 1 saturated heterocycles. The zero-order valence-electron chi connectivity index (χ0n) is 10.4. The second-order valence-corrected chi connectivity index (χ2v) is 4.68. The van der Waals surface area contributed by atoms with E-state index in [-0.39, 0.29) is 18.2 Å². The van der Waals surface area contributed by atoms with Crippen LogP contribution >= 0.6 is 0 Å². The van der Waals surface area contributed by atoms with Crippen molar-refractivity contribution in [2.45, 2.75) is 19.3 Å². The summed E-state index contributed by atoms with van der Waals surface area (Å²) >= 11 is 0. The van der Waals surface area contributed by atoms with Crippen molar-refractivity contribution in [1.82, 2.24) is 4.98 Å². The molecule has 1 N–H and O–H groups in total. The monoisotopic (exact) mass is 265 g/mol. The Bertz CT molecular complexity index is 474. The van der Waals surface area contributed by atoms with Crippen molar-refractivity contribution in [2.75, 3.05) is 18.0 Å². The van der Waals surface area contributed by atoms with E-state index in [1.165, 1.54) is 12.3 Å². The van der Waals surface area contributed by atoms with E-state index in [1.807, 2.05) is 4.90 Å². The summed E-state index contributed by atoms with van der Waals surface area (Å²) in [6.07, 6.45) is 3.47. The third kappa shape index (κ3) is 3.40. The van der Waals surface area contributed by atoms with Gasteiger partial charge in [-0.05, 0) is 34.7 Å². The Morgan fingerprint density at radius 2 is 2.37 bits per heavy atom. The Morgan fingerprint density at radius 3 is 2.95 bits per heavy atom. The van der Waals surface area contributed by atoms with Gasteiger partial charge in [-0.15, -0.1) is 0 Å². The molecule has 1 atom stereocenters. The van der Waals surface area contributed by atoms with Gasteiger partial charge in [0, 0.05) is 25.6 Å². The van der Waals surface area contributed by atoms with Gasteiger partial charge in [-0.2, -0.15) is 0 Å². The molecule has 1 aromatic rings. The SMILES string of the molecule is O=C(O)CC1CCCN(c2ccc([N+](=O)[O-])nc2)C1. The van der Waals surface area contributed by atoms with E-state index < -0.39 is 10.9 Å². The summed E-state index contributed by atoms with van der Waals surface area (Å²) in [6.45, 7) is 1.49. The van der Waals surface area contributed by atoms with Crippen LogP contribution in [0.5, 0.6) is 0 Å². The Kier molecular flexibility index (Phi) is 3.94. The number of piperidine rings is 1. The number of carbonyl (C=O) groups is 1. The average Bonchev–Trinajstić information content (AvgIpc) is 2.38. The summed E-state index contributed by atoms with van der Waals surface area (Å²) in [5.74, 6) is -0.835. The highest BCUT2D eigenvalue weighted by Gasteiger charge is 2.23. The van der Waals surface area contributed by atoms with Crippen LogP contribution in [0.1, 0.15) is 19.3 Å². The molecule has 0 bridgehead atoms. The van der Waals surface area contributed by atoms with Gasteiger partial charge in [-0.3, -0.25) is 4.79 Å². The first-order valence-electron chi connectivity index (χ1n) is 6.13. The number of aromatic nitrogens is 1. The van der Waals surface area contributed by atoms with Crippen LogP contribution in [0, 0.1) is 16.0 Å². The molecule has 2 rings (SSSR count). The van der Waals surface area contributed by atoms with E-state index >= 15 is 0 Å². The van der Waals surface area contributed by atoms with E-state index in [4.69, 9.17) is 5.11 Å². The predicted octanol–water partition coefficient (Wildman–Crippen LogP) is 1.68. The number of hydrogen-bond donors (Lipinski definition) is 1. The fourth-order valence-electron chi connectivity index (χ4n) is 2.39. The predicted molar refractivity (Wildman–Crippen MR) is 68.1 cm³/mol. The summed E-state index contributed by atoms with van der Waals surface area (Å²) in [5, 5.41) is 19.3. The summed E-state index contributed by atoms with van der Waals surface area (Å²) in [4.78, 5) is 26.5. The van der Waals surface area contributed by atoms with Crippen molar-refractivity contribution in [3.8, 4) is 0 Å². The third-order valence-corrected chi connectivity index (χ3v) is 3.27. The van der Waals surface area contributed by atoms with E-state index in [0.29, 0.717) is 6.54 Å². The maximum absolute atomic E-state index is 10.7. The molecule has 0 spiro atoms. The number of carboxylic acids is 1. The highest BCUT2D eigenvalue weighted by atomic mass is 16.6. The lowest BCUT2D eigenvalue weighted by Gasteiger charge is -2.33. The van der Waals surface area contributed by atoms with E-state index in [2.05, 4.69) is 4.98 Å². The lowest BCUT2D eigenvalue weighted by Crippen LogP contribution is -2.36. The standard InChI is InChI=1S/C12H15N3O4/c16-12(17)6-9-2-1-5-14(8-9)10-3-4-11(13-7-10)15(18)19/h3-4,7,9H,1-2,5-6,8H2,(H,16,17). The fourth-order valence-corrected chi connectivity index (χ4v) is 2.39. The van der Waals surface area contributed by atoms with Gasteiger partial charge in [-0.1, -0.05) is 0 Å². The van der Waals surface area contributed by atoms with Crippen LogP contribution in [0.15, 0.2) is 18.3 Å². The van der Waals surface area contributed by atoms with Crippen molar-refractivity contribution in [2.24, 2.45) is 5.92 Å². The van der Waals surface area contributed by atoms with Crippen LogP contribution in [-0.4, -0.2) is 34.1 Å². The van der Waals surface area contributed by atoms with Gasteiger partial charge in [0.25, 0.3) is 0 Å². The normalized spacial score (nSPS) is 19.2. The van der Waals surface area contributed by atoms with Crippen molar-refractivity contribution in [3.05, 3.63) is 28.4 Å². The van der Waals surface area contributed by atoms with Gasteiger partial charge >= 0.3 is 11.8 Å². The Morgan fingerprint density at radius 1 is 1.58 bits per heavy atom. The van der Waals surface area contributed by atoms with Crippen molar-refractivity contribution >= 4 is 17.5 Å². The molecule has 1 aromatic heterocycles. The number of hydrogen-bond acceptors (Lipinski definition) is 5. The van der Waals surface area contributed by atoms with Gasteiger partial charge in [-0.25, -0.2) is 0 Å². The topological polar surface area (TPSA) is 96.6 Å². The second kappa shape index (κ2) is 5.64. The van der Waals surface area contributed by atoms with Crippen LogP contribution < -0.4 is 4.90 Å². The number of carboxylic acid groups (broad SMARTS) is 1. The van der Waals surface area contributed by atoms with Crippen LogP contribution in [-0.2, 0) is 4.79 Å². The van der Waals surface area contributed by atoms with Crippen molar-refractivity contribution in [1.29, 1.82) is 0 Å². The molecular weight excluding hydrogens is 250 g/mol. The number of rotatable bonds is 4. The molecule has 1 unspecified atom stereocenters. The minimum atomic E-state index is -0.784. The molecule has 1 fully saturated rings. The first-order valence-corrected chi connectivity index (χ1v) is 6.13. The first kappa shape index (κ1) is 13.3. The lowest BCUT2D eigenvalue weighted by molar-refractivity contribution is -0.389. The fraction of sp³-hybridized carbons (Fsp3) is 0.500. The van der Waals surface area contributed by atoms with E-state index in [9.17, 15) is 14.9 Å². The average molecular weight is 265 g/mol. The first-order chi connectivity index (χ1) is 9.06. The maximum Gasteiger partial charge on any atom is 0.363 e. The molecule has 0 aromatic carbocycles. The molecule has 7 heteroatoms. The largest absolute Gasteiger partial charge is 0.481 e. The Labute approximate surface area is 110 Å². The minimum Gasteiger partial charge on any atom is -0.481 e. The Balaban J connectivity index is 2.04. The molecule has 19 heavy (non-hydrogen) atoms. The molecule has 102 valence electrons. The molecular formula is C12H15N3O4. The second-order valence-electron chi connectivity index (χ2n) is 4.68. The molecule has 0 aliphatic carbocycles. The summed E-state index contributed by atoms with van der Waals surface area (Å²) in [7, 11) is 0. The molecule has 2 heterocycles. The lowest BCUT2D eigenvalue weighted by atomic mass is 9.94. The molecule has 7 nitrogen and oxygen atoms in total. The number of aliphatic carboxylic acids is 1. The summed E-state index contributed by atoms with van der Waals surface area (Å²) < 4.78 is 0. The smallest absolute Gasteiger partial charge is 0.363 e. The van der Waals surface area contributed by atoms with Crippen molar-refractivity contribution < 1.29 is 14.8 Å². The molecule has 1 aliphatic heterocycles. The van der Waals surface area contributed by atoms with E-state index in [0.717, 1.165) is 25.1 Å². The molecule has 1 aliphatic rings. The summed E-state index contributed by atoms with van der Waals surface area (Å²) in [6, 6.07) is 3.03. The van der Waals surface area contributed by atoms with Gasteiger partial charge in [0.2, 0.25) is 0 Å². The molecule has 0 radical (unpaired) electrons. The molecule has 0 saturated carbocycles. The zero-order valence-corrected chi connectivity index (χ0v) is 10.4. The molecule has 0 amide bonds. The van der Waals surface area contributed by atoms with E-state index in [1.54, 1.807) is 6.07 Å². The minimum absolute atomic E-state index is 0.126. The maximum atomic E-state index is 10.7.